The number of rotatable bonds is 5. The van der Waals surface area contributed by atoms with Gasteiger partial charge in [0.1, 0.15) is 10.5 Å². The number of aryl methyl sites for hydroxylation is 2. The van der Waals surface area contributed by atoms with E-state index in [0.717, 1.165) is 30.0 Å². The molecule has 7 nitrogen and oxygen atoms in total. The molecule has 3 aromatic heterocycles. The molecule has 1 N–H and O–H groups in total. The number of fused-ring (bicyclic) bond motifs is 4. The molecule has 0 aliphatic heterocycles. The van der Waals surface area contributed by atoms with E-state index in [1.165, 1.54) is 12.3 Å². The lowest BCUT2D eigenvalue weighted by molar-refractivity contribution is 0.551. The molecule has 0 aliphatic rings. The SMILES string of the molecule is CCCCn1c2cc(-c3cncc(S(=O)(=O)F)c3)c(C)cc2c(=O)c2c3ccc(C#N)cc3[nH]c21. The Balaban J connectivity index is 1.88. The molecule has 0 fully saturated rings. The highest BCUT2D eigenvalue weighted by Gasteiger charge is 2.19. The third-order valence-electron chi connectivity index (χ3n) is 6.32. The highest BCUT2D eigenvalue weighted by atomic mass is 32.3. The zero-order chi connectivity index (χ0) is 24.9. The van der Waals surface area contributed by atoms with Crippen LogP contribution in [0.4, 0.5) is 3.89 Å². The molecule has 0 atom stereocenters. The van der Waals surface area contributed by atoms with Gasteiger partial charge in [0.05, 0.1) is 22.5 Å². The summed E-state index contributed by atoms with van der Waals surface area (Å²) in [5, 5.41) is 11.1. The molecule has 0 spiro atoms. The van der Waals surface area contributed by atoms with Gasteiger partial charge in [-0.25, -0.2) is 0 Å². The predicted octanol–water partition coefficient (Wildman–Crippen LogP) is 5.34. The number of aromatic nitrogens is 3. The van der Waals surface area contributed by atoms with Gasteiger partial charge in [-0.15, -0.1) is 3.89 Å². The Hall–Kier alpha value is -4.03. The maximum Gasteiger partial charge on any atom is 0.333 e. The molecule has 0 saturated carbocycles. The molecule has 35 heavy (non-hydrogen) atoms. The largest absolute Gasteiger partial charge is 0.340 e. The summed E-state index contributed by atoms with van der Waals surface area (Å²) in [6.45, 7) is 4.54. The van der Waals surface area contributed by atoms with Crippen molar-refractivity contribution in [2.45, 2.75) is 38.1 Å². The molecular formula is C26H21FN4O3S. The van der Waals surface area contributed by atoms with Crippen molar-refractivity contribution >= 4 is 43.1 Å². The van der Waals surface area contributed by atoms with Gasteiger partial charge in [0, 0.05) is 40.8 Å². The minimum atomic E-state index is -4.91. The second-order valence-electron chi connectivity index (χ2n) is 8.59. The third kappa shape index (κ3) is 3.76. The van der Waals surface area contributed by atoms with Crippen LogP contribution in [-0.2, 0) is 16.8 Å². The fraction of sp³-hybridized carbons (Fsp3) is 0.192. The van der Waals surface area contributed by atoms with E-state index in [1.54, 1.807) is 24.3 Å². The van der Waals surface area contributed by atoms with Crippen LogP contribution in [0.3, 0.4) is 0 Å². The van der Waals surface area contributed by atoms with Crippen molar-refractivity contribution in [2.24, 2.45) is 0 Å². The number of pyridine rings is 2. The van der Waals surface area contributed by atoms with E-state index in [9.17, 15) is 22.4 Å². The van der Waals surface area contributed by atoms with Crippen LogP contribution in [0.2, 0.25) is 0 Å². The lowest BCUT2D eigenvalue weighted by Crippen LogP contribution is -2.12. The predicted molar refractivity (Wildman–Crippen MR) is 133 cm³/mol. The van der Waals surface area contributed by atoms with Crippen molar-refractivity contribution in [3.8, 4) is 17.2 Å². The summed E-state index contributed by atoms with van der Waals surface area (Å²) < 4.78 is 38.5. The molecule has 9 heteroatoms. The average molecular weight is 489 g/mol. The first-order valence-corrected chi connectivity index (χ1v) is 12.5. The van der Waals surface area contributed by atoms with Crippen molar-refractivity contribution in [2.75, 3.05) is 0 Å². The number of nitrogens with zero attached hydrogens (tertiary/aromatic N) is 3. The Kier molecular flexibility index (Phi) is 5.41. The van der Waals surface area contributed by atoms with Crippen LogP contribution in [0.5, 0.6) is 0 Å². The number of aromatic amines is 1. The highest BCUT2D eigenvalue weighted by Crippen LogP contribution is 2.32. The van der Waals surface area contributed by atoms with Gasteiger partial charge in [-0.05, 0) is 54.8 Å². The van der Waals surface area contributed by atoms with Crippen molar-refractivity contribution in [1.82, 2.24) is 14.5 Å². The Labute approximate surface area is 200 Å². The van der Waals surface area contributed by atoms with Gasteiger partial charge in [-0.3, -0.25) is 9.78 Å². The lowest BCUT2D eigenvalue weighted by Gasteiger charge is -2.16. The van der Waals surface area contributed by atoms with Crippen LogP contribution in [0.1, 0.15) is 30.9 Å². The molecule has 5 rings (SSSR count). The van der Waals surface area contributed by atoms with Crippen molar-refractivity contribution in [3.63, 3.8) is 0 Å². The van der Waals surface area contributed by atoms with E-state index in [1.807, 2.05) is 17.6 Å². The second kappa shape index (κ2) is 8.32. The number of H-pyrrole nitrogens is 1. The number of hydrogen-bond donors (Lipinski definition) is 1. The van der Waals surface area contributed by atoms with Crippen LogP contribution in [-0.4, -0.2) is 23.0 Å². The minimum Gasteiger partial charge on any atom is -0.340 e. The number of unbranched alkanes of at least 4 members (excludes halogenated alkanes) is 1. The van der Waals surface area contributed by atoms with Gasteiger partial charge in [0.25, 0.3) is 0 Å². The van der Waals surface area contributed by atoms with Crippen molar-refractivity contribution in [3.05, 3.63) is 70.1 Å². The first-order chi connectivity index (χ1) is 16.7. The Bertz CT molecular complexity index is 1860. The van der Waals surface area contributed by atoms with Crippen LogP contribution in [0.25, 0.3) is 44.0 Å². The fourth-order valence-corrected chi connectivity index (χ4v) is 5.06. The van der Waals surface area contributed by atoms with Gasteiger partial charge in [0.15, 0.2) is 5.43 Å². The first kappa shape index (κ1) is 22.7. The molecule has 3 heterocycles. The normalized spacial score (nSPS) is 11.9. The van der Waals surface area contributed by atoms with Gasteiger partial charge in [0.2, 0.25) is 0 Å². The summed E-state index contributed by atoms with van der Waals surface area (Å²) in [5.41, 5.74) is 4.24. The molecule has 0 radical (unpaired) electrons. The first-order valence-electron chi connectivity index (χ1n) is 11.2. The smallest absolute Gasteiger partial charge is 0.333 e. The minimum absolute atomic E-state index is 0.133. The average Bonchev–Trinajstić information content (AvgIpc) is 3.22. The Morgan fingerprint density at radius 1 is 1.14 bits per heavy atom. The number of halogens is 1. The Morgan fingerprint density at radius 3 is 2.66 bits per heavy atom. The molecule has 0 amide bonds. The van der Waals surface area contributed by atoms with Crippen LogP contribution in [0.15, 0.2) is 58.5 Å². The molecule has 0 bridgehead atoms. The number of benzene rings is 2. The molecule has 0 unspecified atom stereocenters. The molecule has 0 aliphatic carbocycles. The highest BCUT2D eigenvalue weighted by molar-refractivity contribution is 7.86. The van der Waals surface area contributed by atoms with Crippen molar-refractivity contribution < 1.29 is 12.3 Å². The lowest BCUT2D eigenvalue weighted by atomic mass is 9.98. The topological polar surface area (TPSA) is 109 Å². The van der Waals surface area contributed by atoms with Gasteiger partial charge < -0.3 is 9.55 Å². The van der Waals surface area contributed by atoms with E-state index in [0.29, 0.717) is 50.7 Å². The summed E-state index contributed by atoms with van der Waals surface area (Å²) in [7, 11) is -4.91. The summed E-state index contributed by atoms with van der Waals surface area (Å²) in [6, 6.07) is 12.2. The monoisotopic (exact) mass is 488 g/mol. The molecule has 5 aromatic rings. The Morgan fingerprint density at radius 2 is 1.94 bits per heavy atom. The van der Waals surface area contributed by atoms with Crippen molar-refractivity contribution in [1.29, 1.82) is 5.26 Å². The summed E-state index contributed by atoms with van der Waals surface area (Å²) in [4.78, 5) is 20.4. The fourth-order valence-electron chi connectivity index (χ4n) is 4.60. The zero-order valence-electron chi connectivity index (χ0n) is 19.1. The molecule has 0 saturated heterocycles. The van der Waals surface area contributed by atoms with Gasteiger partial charge in [-0.2, -0.15) is 13.7 Å². The zero-order valence-corrected chi connectivity index (χ0v) is 19.9. The summed E-state index contributed by atoms with van der Waals surface area (Å²) >= 11 is 0. The van der Waals surface area contributed by atoms with E-state index < -0.39 is 15.1 Å². The number of nitriles is 1. The molecule has 2 aromatic carbocycles. The van der Waals surface area contributed by atoms with E-state index in [4.69, 9.17) is 0 Å². The van der Waals surface area contributed by atoms with Gasteiger partial charge >= 0.3 is 10.2 Å². The maximum absolute atomic E-state index is 13.7. The second-order valence-corrected chi connectivity index (χ2v) is 9.93. The number of nitrogens with one attached hydrogen (secondary N) is 1. The van der Waals surface area contributed by atoms with Crippen LogP contribution >= 0.6 is 0 Å². The van der Waals surface area contributed by atoms with Gasteiger partial charge in [-0.1, -0.05) is 19.4 Å². The standard InChI is InChI=1S/C26H21FN4O3S/c1-3-4-7-31-23-11-20(17-10-18(14-29-13-17)35(27,33)34)15(2)8-21(23)25(32)24-19-6-5-16(12-28)9-22(19)30-26(24)31/h5-6,8-11,13-14,30H,3-4,7H2,1-2H3. The van der Waals surface area contributed by atoms with Crippen LogP contribution < -0.4 is 5.43 Å². The van der Waals surface area contributed by atoms with E-state index in [2.05, 4.69) is 23.0 Å². The van der Waals surface area contributed by atoms with E-state index >= 15 is 0 Å². The third-order valence-corrected chi connectivity index (χ3v) is 7.11. The van der Waals surface area contributed by atoms with Crippen LogP contribution in [0, 0.1) is 18.3 Å². The van der Waals surface area contributed by atoms with E-state index in [-0.39, 0.29) is 5.43 Å². The maximum atomic E-state index is 13.7. The summed E-state index contributed by atoms with van der Waals surface area (Å²) in [6.07, 6.45) is 4.25. The quantitative estimate of drug-likeness (QED) is 0.336. The number of hydrogen-bond acceptors (Lipinski definition) is 5. The summed E-state index contributed by atoms with van der Waals surface area (Å²) in [5.74, 6) is 0. The molecule has 176 valence electrons. The molecular weight excluding hydrogens is 467 g/mol.